The van der Waals surface area contributed by atoms with Crippen molar-refractivity contribution in [3.63, 3.8) is 0 Å². The number of hydrogen-bond donors (Lipinski definition) is 2. The minimum absolute atomic E-state index is 0.387. The summed E-state index contributed by atoms with van der Waals surface area (Å²) in [7, 11) is 1.25. The summed E-state index contributed by atoms with van der Waals surface area (Å²) in [6, 6.07) is -0.864. The fourth-order valence-corrected chi connectivity index (χ4v) is 1.84. The molecule has 1 aliphatic heterocycles. The fourth-order valence-electron chi connectivity index (χ4n) is 1.84. The van der Waals surface area contributed by atoms with Gasteiger partial charge in [0.15, 0.2) is 0 Å². The Kier molecular flexibility index (Phi) is 4.48. The van der Waals surface area contributed by atoms with E-state index in [0.29, 0.717) is 13.0 Å². The van der Waals surface area contributed by atoms with E-state index in [-0.39, 0.29) is 0 Å². The summed E-state index contributed by atoms with van der Waals surface area (Å²) in [5, 5.41) is 19.6. The second-order valence-corrected chi connectivity index (χ2v) is 5.12. The Labute approximate surface area is 101 Å². The van der Waals surface area contributed by atoms with Crippen molar-refractivity contribution in [2.45, 2.75) is 51.4 Å². The number of hydrogen-bond acceptors (Lipinski definition) is 6. The summed E-state index contributed by atoms with van der Waals surface area (Å²) >= 11 is 0. The number of rotatable bonds is 3. The van der Waals surface area contributed by atoms with Gasteiger partial charge in [0.25, 0.3) is 0 Å². The van der Waals surface area contributed by atoms with E-state index in [1.807, 2.05) is 0 Å². The van der Waals surface area contributed by atoms with E-state index < -0.39 is 30.1 Å². The normalized spacial score (nSPS) is 28.1. The van der Waals surface area contributed by atoms with Gasteiger partial charge in [0.2, 0.25) is 6.41 Å². The molecule has 6 heteroatoms. The summed E-state index contributed by atoms with van der Waals surface area (Å²) in [5.74, 6) is -0.563. The minimum Gasteiger partial charge on any atom is -0.468 e. The lowest BCUT2D eigenvalue weighted by molar-refractivity contribution is -0.245. The Morgan fingerprint density at radius 3 is 2.53 bits per heavy atom. The summed E-state index contributed by atoms with van der Waals surface area (Å²) in [6.45, 7) is 5.79. The summed E-state index contributed by atoms with van der Waals surface area (Å²) in [4.78, 5) is 12.9. The molecule has 1 unspecified atom stereocenters. The number of ether oxygens (including phenoxy) is 2. The maximum absolute atomic E-state index is 11.5. The number of aliphatic hydroxyl groups is 2. The molecule has 2 N–H and O–H groups in total. The van der Waals surface area contributed by atoms with Crippen LogP contribution in [0.25, 0.3) is 0 Å². The van der Waals surface area contributed by atoms with E-state index >= 15 is 0 Å². The molecule has 0 aliphatic carbocycles. The zero-order valence-corrected chi connectivity index (χ0v) is 10.7. The minimum atomic E-state index is -1.23. The van der Waals surface area contributed by atoms with E-state index in [0.717, 1.165) is 0 Å². The zero-order valence-electron chi connectivity index (χ0n) is 10.7. The van der Waals surface area contributed by atoms with Crippen molar-refractivity contribution in [3.8, 4) is 0 Å². The third kappa shape index (κ3) is 3.64. The molecule has 1 aliphatic rings. The second-order valence-electron chi connectivity index (χ2n) is 5.12. The average Bonchev–Trinajstić information content (AvgIpc) is 2.56. The van der Waals surface area contributed by atoms with Gasteiger partial charge in [-0.05, 0) is 27.2 Å². The highest BCUT2D eigenvalue weighted by Gasteiger charge is 2.43. The lowest BCUT2D eigenvalue weighted by Gasteiger charge is -2.32. The molecule has 3 atom stereocenters. The molecule has 1 saturated heterocycles. The van der Waals surface area contributed by atoms with Gasteiger partial charge >= 0.3 is 5.97 Å². The number of methoxy groups -OCH3 is 1. The van der Waals surface area contributed by atoms with Gasteiger partial charge in [-0.25, -0.2) is 4.90 Å². The molecule has 0 spiro atoms. The van der Waals surface area contributed by atoms with Gasteiger partial charge in [0, 0.05) is 6.54 Å². The van der Waals surface area contributed by atoms with E-state index in [2.05, 4.69) is 4.74 Å². The maximum atomic E-state index is 11.5. The van der Waals surface area contributed by atoms with Gasteiger partial charge in [-0.3, -0.25) is 4.79 Å². The fraction of sp³-hybridized carbons (Fsp3) is 0.909. The highest BCUT2D eigenvalue weighted by atomic mass is 16.6. The molecule has 1 fully saturated rings. The lowest BCUT2D eigenvalue weighted by Crippen LogP contribution is -2.50. The van der Waals surface area contributed by atoms with Gasteiger partial charge in [-0.15, -0.1) is 0 Å². The molecule has 6 nitrogen and oxygen atoms in total. The Morgan fingerprint density at radius 2 is 2.06 bits per heavy atom. The average molecular weight is 247 g/mol. The standard InChI is InChI=1S/C11H21NO5/c1-11(2,3)17-10(15)12-6-5-7(13)8(12)9(14)16-4/h7-8,10,13,15H,5-6H2,1-4H3/t7-,8-,10?/m0/s1. The largest absolute Gasteiger partial charge is 0.468 e. The molecular formula is C11H21NO5. The van der Waals surface area contributed by atoms with Crippen LogP contribution in [0.2, 0.25) is 0 Å². The first-order valence-corrected chi connectivity index (χ1v) is 5.64. The molecule has 0 radical (unpaired) electrons. The zero-order chi connectivity index (χ0) is 13.2. The first-order valence-electron chi connectivity index (χ1n) is 5.64. The second kappa shape index (κ2) is 5.30. The van der Waals surface area contributed by atoms with Crippen LogP contribution in [0.1, 0.15) is 27.2 Å². The third-order valence-electron chi connectivity index (χ3n) is 2.59. The highest BCUT2D eigenvalue weighted by molar-refractivity contribution is 5.76. The number of carbonyl (C=O) groups excluding carboxylic acids is 1. The van der Waals surface area contributed by atoms with E-state index in [4.69, 9.17) is 4.74 Å². The van der Waals surface area contributed by atoms with Crippen molar-refractivity contribution in [3.05, 3.63) is 0 Å². The topological polar surface area (TPSA) is 79.2 Å². The molecule has 0 aromatic carbocycles. The van der Waals surface area contributed by atoms with Crippen LogP contribution in [0.3, 0.4) is 0 Å². The van der Waals surface area contributed by atoms with Crippen molar-refractivity contribution >= 4 is 5.97 Å². The number of likely N-dealkylation sites (tertiary alicyclic amines) is 1. The quantitative estimate of drug-likeness (QED) is 0.526. The van der Waals surface area contributed by atoms with Crippen LogP contribution in [-0.4, -0.2) is 58.9 Å². The Morgan fingerprint density at radius 1 is 1.47 bits per heavy atom. The van der Waals surface area contributed by atoms with Crippen molar-refractivity contribution in [2.75, 3.05) is 13.7 Å². The SMILES string of the molecule is COC(=O)[C@@H]1[C@@H](O)CCN1C(O)OC(C)(C)C. The van der Waals surface area contributed by atoms with Crippen molar-refractivity contribution in [1.82, 2.24) is 4.90 Å². The van der Waals surface area contributed by atoms with Crippen LogP contribution in [0, 0.1) is 0 Å². The smallest absolute Gasteiger partial charge is 0.325 e. The third-order valence-corrected chi connectivity index (χ3v) is 2.59. The van der Waals surface area contributed by atoms with Crippen molar-refractivity contribution in [1.29, 1.82) is 0 Å². The maximum Gasteiger partial charge on any atom is 0.325 e. The Bertz CT molecular complexity index is 276. The Balaban J connectivity index is 2.72. The summed E-state index contributed by atoms with van der Waals surface area (Å²) < 4.78 is 9.97. The van der Waals surface area contributed by atoms with Gasteiger partial charge in [-0.2, -0.15) is 0 Å². The summed E-state index contributed by atoms with van der Waals surface area (Å²) in [5.41, 5.74) is -0.534. The van der Waals surface area contributed by atoms with Crippen molar-refractivity contribution < 1.29 is 24.5 Å². The van der Waals surface area contributed by atoms with Crippen molar-refractivity contribution in [2.24, 2.45) is 0 Å². The van der Waals surface area contributed by atoms with Crippen LogP contribution in [0.4, 0.5) is 0 Å². The van der Waals surface area contributed by atoms with Crippen LogP contribution in [0.5, 0.6) is 0 Å². The van der Waals surface area contributed by atoms with Crippen LogP contribution >= 0.6 is 0 Å². The Hall–Kier alpha value is -0.690. The molecule has 0 bridgehead atoms. The van der Waals surface area contributed by atoms with Gasteiger partial charge < -0.3 is 19.7 Å². The molecule has 0 aromatic rings. The molecule has 1 heterocycles. The predicted octanol–water partition coefficient (Wildman–Crippen LogP) is -0.314. The predicted molar refractivity (Wildman–Crippen MR) is 60.0 cm³/mol. The number of aliphatic hydroxyl groups excluding tert-OH is 2. The molecule has 17 heavy (non-hydrogen) atoms. The van der Waals surface area contributed by atoms with E-state index in [1.165, 1.54) is 12.0 Å². The van der Waals surface area contributed by atoms with Gasteiger partial charge in [-0.1, -0.05) is 0 Å². The first-order chi connectivity index (χ1) is 7.76. The van der Waals surface area contributed by atoms with Gasteiger partial charge in [0.1, 0.15) is 6.04 Å². The van der Waals surface area contributed by atoms with Crippen LogP contribution < -0.4 is 0 Å². The van der Waals surface area contributed by atoms with Crippen LogP contribution in [0.15, 0.2) is 0 Å². The van der Waals surface area contributed by atoms with Gasteiger partial charge in [0.05, 0.1) is 18.8 Å². The van der Waals surface area contributed by atoms with E-state index in [1.54, 1.807) is 20.8 Å². The molecule has 0 aromatic heterocycles. The number of carbonyl (C=O) groups is 1. The summed E-state index contributed by atoms with van der Waals surface area (Å²) in [6.07, 6.45) is -1.65. The highest BCUT2D eigenvalue weighted by Crippen LogP contribution is 2.23. The van der Waals surface area contributed by atoms with E-state index in [9.17, 15) is 15.0 Å². The monoisotopic (exact) mass is 247 g/mol. The molecular weight excluding hydrogens is 226 g/mol. The lowest BCUT2D eigenvalue weighted by atomic mass is 10.2. The molecule has 0 saturated carbocycles. The first kappa shape index (κ1) is 14.4. The molecule has 0 amide bonds. The number of esters is 1. The molecule has 100 valence electrons. The number of nitrogens with zero attached hydrogens (tertiary/aromatic N) is 1. The van der Waals surface area contributed by atoms with Crippen LogP contribution in [-0.2, 0) is 14.3 Å². The molecule has 1 rings (SSSR count).